The van der Waals surface area contributed by atoms with Gasteiger partial charge in [0.25, 0.3) is 0 Å². The fraction of sp³-hybridized carbons (Fsp3) is 0.571. The Bertz CT molecular complexity index is 1940. The molecule has 0 radical (unpaired) electrons. The third-order valence-corrected chi connectivity index (χ3v) is 13.4. The normalized spacial score (nSPS) is 13.3. The molecule has 0 aliphatic carbocycles. The van der Waals surface area contributed by atoms with Crippen LogP contribution < -0.4 is 0 Å². The van der Waals surface area contributed by atoms with Crippen LogP contribution in [0, 0.1) is 0 Å². The van der Waals surface area contributed by atoms with Gasteiger partial charge in [0.05, 0.1) is 0 Å². The van der Waals surface area contributed by atoms with Crippen LogP contribution in [-0.2, 0) is 28.6 Å². The van der Waals surface area contributed by atoms with Crippen molar-refractivity contribution in [1.29, 1.82) is 0 Å². The maximum atomic E-state index is 12.9. The fourth-order valence-electron chi connectivity index (χ4n) is 8.50. The van der Waals surface area contributed by atoms with Crippen molar-refractivity contribution >= 4 is 17.9 Å². The molecule has 0 aliphatic heterocycles. The van der Waals surface area contributed by atoms with Gasteiger partial charge in [-0.25, -0.2) is 0 Å². The lowest BCUT2D eigenvalue weighted by Crippen LogP contribution is -2.30. The van der Waals surface area contributed by atoms with Crippen molar-refractivity contribution in [3.05, 3.63) is 182 Å². The molecule has 1 atom stereocenters. The molecule has 464 valence electrons. The average Bonchev–Trinajstić information content (AvgIpc) is 3.48. The summed E-state index contributed by atoms with van der Waals surface area (Å²) in [7, 11) is 0. The van der Waals surface area contributed by atoms with E-state index in [0.717, 1.165) is 167 Å². The van der Waals surface area contributed by atoms with Crippen LogP contribution >= 0.6 is 0 Å². The standard InChI is InChI=1S/C77H120O6/c1-4-7-10-13-16-19-22-24-26-28-30-32-34-36-37-38-39-41-42-44-46-48-50-52-55-58-61-64-67-70-76(79)82-73-74(72-81-75(78)69-66-63-60-57-54-21-18-15-12-9-6-3)83-77(80)71-68-65-62-59-56-53-51-49-47-45-43-40-35-33-31-29-27-25-23-20-17-14-11-8-5-2/h7-8,10-11,16-17,19-20,24-27,30-33,36-37,39-41,43-44,46-47,49-50,52-53,56,74H,4-6,9,12-15,18,21-23,28-29,34-35,38,42,45,48,51,54-55,57-73H2,1-3H3/b10-7-,11-8-,19-16-,20-17-,26-24-,27-25-,32-30-,33-31-,37-36-,41-39-,43-40-,46-44-,49-47-,52-50-,56-53-. The summed E-state index contributed by atoms with van der Waals surface area (Å²) >= 11 is 0. The number of esters is 3. The Labute approximate surface area is 510 Å². The first-order valence-electron chi connectivity index (χ1n) is 33.3. The molecule has 0 saturated carbocycles. The zero-order chi connectivity index (χ0) is 59.9. The van der Waals surface area contributed by atoms with Gasteiger partial charge in [-0.15, -0.1) is 0 Å². The molecular weight excluding hydrogens is 1020 g/mol. The highest BCUT2D eigenvalue weighted by Crippen LogP contribution is 2.14. The molecule has 1 unspecified atom stereocenters. The van der Waals surface area contributed by atoms with E-state index >= 15 is 0 Å². The minimum atomic E-state index is -0.817. The summed E-state index contributed by atoms with van der Waals surface area (Å²) < 4.78 is 16.9. The average molecular weight is 1140 g/mol. The minimum absolute atomic E-state index is 0.107. The number of carbonyl (C=O) groups is 3. The van der Waals surface area contributed by atoms with Crippen LogP contribution in [0.1, 0.15) is 265 Å². The zero-order valence-electron chi connectivity index (χ0n) is 53.1. The molecule has 0 rings (SSSR count). The Hall–Kier alpha value is -5.49. The summed E-state index contributed by atoms with van der Waals surface area (Å²) in [5, 5.41) is 0. The van der Waals surface area contributed by atoms with E-state index in [4.69, 9.17) is 14.2 Å². The molecule has 0 heterocycles. The monoisotopic (exact) mass is 1140 g/mol. The summed E-state index contributed by atoms with van der Waals surface area (Å²) in [6.45, 7) is 6.35. The number of hydrogen-bond acceptors (Lipinski definition) is 6. The highest BCUT2D eigenvalue weighted by atomic mass is 16.6. The summed E-state index contributed by atoms with van der Waals surface area (Å²) in [4.78, 5) is 38.3. The lowest BCUT2D eigenvalue weighted by Gasteiger charge is -2.18. The maximum Gasteiger partial charge on any atom is 0.306 e. The largest absolute Gasteiger partial charge is 0.462 e. The predicted molar refractivity (Wildman–Crippen MR) is 361 cm³/mol. The second kappa shape index (κ2) is 69.0. The van der Waals surface area contributed by atoms with E-state index in [1.54, 1.807) is 0 Å². The van der Waals surface area contributed by atoms with Gasteiger partial charge in [0, 0.05) is 19.3 Å². The second-order valence-corrected chi connectivity index (χ2v) is 21.3. The molecule has 0 spiro atoms. The lowest BCUT2D eigenvalue weighted by atomic mass is 10.1. The molecule has 0 aromatic rings. The number of carbonyl (C=O) groups excluding carboxylic acids is 3. The van der Waals surface area contributed by atoms with Crippen molar-refractivity contribution in [1.82, 2.24) is 0 Å². The van der Waals surface area contributed by atoms with E-state index in [9.17, 15) is 14.4 Å². The first-order valence-corrected chi connectivity index (χ1v) is 33.3. The Balaban J connectivity index is 4.45. The molecule has 0 saturated heterocycles. The summed E-state index contributed by atoms with van der Waals surface area (Å²) in [6, 6.07) is 0. The lowest BCUT2D eigenvalue weighted by molar-refractivity contribution is -0.167. The van der Waals surface area contributed by atoms with E-state index < -0.39 is 6.10 Å². The minimum Gasteiger partial charge on any atom is -0.462 e. The molecule has 6 nitrogen and oxygen atoms in total. The first-order chi connectivity index (χ1) is 41.0. The van der Waals surface area contributed by atoms with E-state index in [0.29, 0.717) is 19.3 Å². The van der Waals surface area contributed by atoms with Gasteiger partial charge in [-0.3, -0.25) is 14.4 Å². The van der Waals surface area contributed by atoms with Gasteiger partial charge >= 0.3 is 17.9 Å². The highest BCUT2D eigenvalue weighted by Gasteiger charge is 2.19. The highest BCUT2D eigenvalue weighted by molar-refractivity contribution is 5.71. The van der Waals surface area contributed by atoms with Crippen LogP contribution in [0.4, 0.5) is 0 Å². The third-order valence-electron chi connectivity index (χ3n) is 13.4. The number of unbranched alkanes of at least 4 members (excludes halogenated alkanes) is 17. The summed E-state index contributed by atoms with van der Waals surface area (Å²) in [5.74, 6) is -0.972. The Kier molecular flexibility index (Phi) is 64.4. The number of hydrogen-bond donors (Lipinski definition) is 0. The van der Waals surface area contributed by atoms with Crippen LogP contribution in [0.2, 0.25) is 0 Å². The maximum absolute atomic E-state index is 12.9. The SMILES string of the molecule is CC/C=C\C/C=C\C/C=C\C/C=C\C/C=C\C/C=C\C/C=C\C/C=C\CCCCCCC(=O)OCC(COC(=O)CCCCCCCCCCCCC)OC(=O)CCCCC/C=C\C/C=C\C/C=C\C/C=C\C/C=C\C/C=C\C/C=C\CC. The van der Waals surface area contributed by atoms with Gasteiger partial charge in [-0.2, -0.15) is 0 Å². The van der Waals surface area contributed by atoms with Crippen LogP contribution in [0.3, 0.4) is 0 Å². The van der Waals surface area contributed by atoms with Gasteiger partial charge in [-0.1, -0.05) is 287 Å². The quantitative estimate of drug-likeness (QED) is 0.0261. The molecule has 0 aliphatic rings. The Morgan fingerprint density at radius 2 is 0.470 bits per heavy atom. The molecule has 6 heteroatoms. The third kappa shape index (κ3) is 67.2. The van der Waals surface area contributed by atoms with Crippen molar-refractivity contribution in [2.24, 2.45) is 0 Å². The molecular formula is C77H120O6. The Morgan fingerprint density at radius 3 is 0.747 bits per heavy atom. The Morgan fingerprint density at radius 1 is 0.253 bits per heavy atom. The van der Waals surface area contributed by atoms with Crippen molar-refractivity contribution < 1.29 is 28.6 Å². The van der Waals surface area contributed by atoms with Gasteiger partial charge in [0.2, 0.25) is 0 Å². The van der Waals surface area contributed by atoms with Gasteiger partial charge in [0.1, 0.15) is 13.2 Å². The molecule has 0 amide bonds. The van der Waals surface area contributed by atoms with E-state index in [1.165, 1.54) is 51.4 Å². The number of allylic oxidation sites excluding steroid dienone is 30. The topological polar surface area (TPSA) is 78.9 Å². The molecule has 0 N–H and O–H groups in total. The second-order valence-electron chi connectivity index (χ2n) is 21.3. The molecule has 83 heavy (non-hydrogen) atoms. The van der Waals surface area contributed by atoms with Crippen LogP contribution in [0.25, 0.3) is 0 Å². The fourth-order valence-corrected chi connectivity index (χ4v) is 8.50. The molecule has 0 fully saturated rings. The number of rotatable bonds is 58. The van der Waals surface area contributed by atoms with Crippen molar-refractivity contribution in [3.63, 3.8) is 0 Å². The van der Waals surface area contributed by atoms with E-state index in [-0.39, 0.29) is 37.5 Å². The van der Waals surface area contributed by atoms with Gasteiger partial charge in [-0.05, 0) is 141 Å². The number of ether oxygens (including phenoxy) is 3. The van der Waals surface area contributed by atoms with Crippen LogP contribution in [0.5, 0.6) is 0 Å². The summed E-state index contributed by atoms with van der Waals surface area (Å²) in [5.41, 5.74) is 0. The molecule has 0 aromatic heterocycles. The summed E-state index contributed by atoms with van der Waals surface area (Å²) in [6.07, 6.45) is 103. The first kappa shape index (κ1) is 77.5. The van der Waals surface area contributed by atoms with E-state index in [1.807, 2.05) is 0 Å². The van der Waals surface area contributed by atoms with Crippen molar-refractivity contribution in [3.8, 4) is 0 Å². The van der Waals surface area contributed by atoms with Gasteiger partial charge < -0.3 is 14.2 Å². The zero-order valence-corrected chi connectivity index (χ0v) is 53.1. The van der Waals surface area contributed by atoms with E-state index in [2.05, 4.69) is 203 Å². The molecule has 0 aromatic carbocycles. The smallest absolute Gasteiger partial charge is 0.306 e. The van der Waals surface area contributed by atoms with Crippen LogP contribution in [0.15, 0.2) is 182 Å². The predicted octanol–water partition coefficient (Wildman–Crippen LogP) is 23.2. The van der Waals surface area contributed by atoms with Gasteiger partial charge in [0.15, 0.2) is 6.10 Å². The molecule has 0 bridgehead atoms. The van der Waals surface area contributed by atoms with Crippen molar-refractivity contribution in [2.45, 2.75) is 271 Å². The van der Waals surface area contributed by atoms with Crippen LogP contribution in [-0.4, -0.2) is 37.2 Å². The van der Waals surface area contributed by atoms with Crippen molar-refractivity contribution in [2.75, 3.05) is 13.2 Å².